The first-order valence-corrected chi connectivity index (χ1v) is 5.54. The summed E-state index contributed by atoms with van der Waals surface area (Å²) in [6.07, 6.45) is 4.04. The fourth-order valence-electron chi connectivity index (χ4n) is 1.30. The van der Waals surface area contributed by atoms with Crippen molar-refractivity contribution in [3.63, 3.8) is 0 Å². The Kier molecular flexibility index (Phi) is 3.27. The van der Waals surface area contributed by atoms with Crippen LogP contribution in [0, 0.1) is 3.57 Å². The van der Waals surface area contributed by atoms with E-state index in [4.69, 9.17) is 0 Å². The minimum absolute atomic E-state index is 0.569. The fraction of sp³-hybridized carbons (Fsp3) is 0.0909. The molecule has 0 aliphatic rings. The maximum atomic E-state index is 10.0. The summed E-state index contributed by atoms with van der Waals surface area (Å²) in [4.78, 5) is 8.00. The van der Waals surface area contributed by atoms with Crippen LogP contribution < -0.4 is 0 Å². The molecule has 2 aromatic rings. The minimum Gasteiger partial charge on any atom is -0.382 e. The van der Waals surface area contributed by atoms with E-state index in [9.17, 15) is 5.11 Å². The summed E-state index contributed by atoms with van der Waals surface area (Å²) >= 11 is 2.21. The van der Waals surface area contributed by atoms with E-state index in [-0.39, 0.29) is 0 Å². The summed E-state index contributed by atoms with van der Waals surface area (Å²) in [6.45, 7) is 0. The van der Waals surface area contributed by atoms with Crippen molar-refractivity contribution in [3.05, 3.63) is 57.7 Å². The topological polar surface area (TPSA) is 46.0 Å². The Bertz CT molecular complexity index is 447. The first-order chi connectivity index (χ1) is 7.27. The highest BCUT2D eigenvalue weighted by Gasteiger charge is 2.11. The highest BCUT2D eigenvalue weighted by Crippen LogP contribution is 2.20. The molecular formula is C11H9IN2O. The molecule has 1 heterocycles. The van der Waals surface area contributed by atoms with Gasteiger partial charge in [-0.25, -0.2) is 0 Å². The predicted octanol–water partition coefficient (Wildman–Crippen LogP) is 2.16. The van der Waals surface area contributed by atoms with Crippen molar-refractivity contribution in [3.8, 4) is 0 Å². The minimum atomic E-state index is -0.701. The summed E-state index contributed by atoms with van der Waals surface area (Å²) < 4.78 is 1.09. The Morgan fingerprint density at radius 3 is 2.80 bits per heavy atom. The van der Waals surface area contributed by atoms with Gasteiger partial charge in [0.2, 0.25) is 0 Å². The largest absolute Gasteiger partial charge is 0.382 e. The van der Waals surface area contributed by atoms with Gasteiger partial charge in [0.15, 0.2) is 0 Å². The lowest BCUT2D eigenvalue weighted by Crippen LogP contribution is -2.02. The molecule has 1 N–H and O–H groups in total. The Morgan fingerprint density at radius 1 is 1.27 bits per heavy atom. The number of halogens is 1. The van der Waals surface area contributed by atoms with Crippen LogP contribution in [0.5, 0.6) is 0 Å². The van der Waals surface area contributed by atoms with Crippen molar-refractivity contribution in [2.75, 3.05) is 0 Å². The maximum absolute atomic E-state index is 10.0. The zero-order valence-electron chi connectivity index (χ0n) is 7.84. The van der Waals surface area contributed by atoms with Crippen molar-refractivity contribution in [2.45, 2.75) is 6.10 Å². The zero-order valence-corrected chi connectivity index (χ0v) is 10.00. The molecule has 1 aromatic heterocycles. The van der Waals surface area contributed by atoms with Crippen LogP contribution in [0.25, 0.3) is 0 Å². The third kappa shape index (κ3) is 2.51. The van der Waals surface area contributed by atoms with Gasteiger partial charge >= 0.3 is 0 Å². The van der Waals surface area contributed by atoms with E-state index < -0.39 is 6.10 Å². The molecule has 1 unspecified atom stereocenters. The Labute approximate surface area is 101 Å². The second kappa shape index (κ2) is 4.67. The van der Waals surface area contributed by atoms with Crippen LogP contribution in [0.2, 0.25) is 0 Å². The number of nitrogens with zero attached hydrogens (tertiary/aromatic N) is 2. The van der Waals surface area contributed by atoms with Crippen molar-refractivity contribution in [2.24, 2.45) is 0 Å². The van der Waals surface area contributed by atoms with Crippen LogP contribution >= 0.6 is 22.6 Å². The standard InChI is InChI=1S/C11H9IN2O/c12-9-3-1-2-8(6-9)11(15)10-7-13-4-5-14-10/h1-7,11,15H. The average Bonchev–Trinajstić information content (AvgIpc) is 2.29. The number of benzene rings is 1. The summed E-state index contributed by atoms with van der Waals surface area (Å²) in [7, 11) is 0. The molecule has 0 spiro atoms. The van der Waals surface area contributed by atoms with Gasteiger partial charge in [0.25, 0.3) is 0 Å². The molecule has 2 rings (SSSR count). The molecule has 0 bridgehead atoms. The molecule has 0 amide bonds. The Balaban J connectivity index is 2.32. The molecule has 1 atom stereocenters. The molecule has 0 radical (unpaired) electrons. The van der Waals surface area contributed by atoms with E-state index in [2.05, 4.69) is 32.6 Å². The molecule has 4 heteroatoms. The van der Waals surface area contributed by atoms with Gasteiger partial charge in [-0.1, -0.05) is 12.1 Å². The third-order valence-electron chi connectivity index (χ3n) is 2.03. The summed E-state index contributed by atoms with van der Waals surface area (Å²) in [5.74, 6) is 0. The number of aliphatic hydroxyl groups is 1. The average molecular weight is 312 g/mol. The van der Waals surface area contributed by atoms with Gasteiger partial charge in [0.05, 0.1) is 11.9 Å². The van der Waals surface area contributed by atoms with Gasteiger partial charge < -0.3 is 5.11 Å². The van der Waals surface area contributed by atoms with Crippen molar-refractivity contribution < 1.29 is 5.11 Å². The smallest absolute Gasteiger partial charge is 0.123 e. The highest BCUT2D eigenvalue weighted by atomic mass is 127. The SMILES string of the molecule is OC(c1cccc(I)c1)c1cnccn1. The molecule has 76 valence electrons. The third-order valence-corrected chi connectivity index (χ3v) is 2.70. The number of hydrogen-bond acceptors (Lipinski definition) is 3. The number of aromatic nitrogens is 2. The number of rotatable bonds is 2. The van der Waals surface area contributed by atoms with Gasteiger partial charge in [0.1, 0.15) is 6.10 Å². The second-order valence-corrected chi connectivity index (χ2v) is 4.33. The lowest BCUT2D eigenvalue weighted by Gasteiger charge is -2.09. The molecular weight excluding hydrogens is 303 g/mol. The monoisotopic (exact) mass is 312 g/mol. The van der Waals surface area contributed by atoms with E-state index in [0.29, 0.717) is 5.69 Å². The molecule has 0 fully saturated rings. The summed E-state index contributed by atoms with van der Waals surface area (Å²) in [6, 6.07) is 7.70. The molecule has 0 saturated carbocycles. The second-order valence-electron chi connectivity index (χ2n) is 3.09. The van der Waals surface area contributed by atoms with Crippen molar-refractivity contribution in [1.82, 2.24) is 9.97 Å². The zero-order chi connectivity index (χ0) is 10.7. The number of hydrogen-bond donors (Lipinski definition) is 1. The maximum Gasteiger partial charge on any atom is 0.123 e. The lowest BCUT2D eigenvalue weighted by molar-refractivity contribution is 0.214. The summed E-state index contributed by atoms with van der Waals surface area (Å²) in [5, 5.41) is 10.0. The van der Waals surface area contributed by atoms with Gasteiger partial charge in [-0.15, -0.1) is 0 Å². The molecule has 0 saturated heterocycles. The normalized spacial score (nSPS) is 12.4. The van der Waals surface area contributed by atoms with E-state index in [0.717, 1.165) is 9.13 Å². The Morgan fingerprint density at radius 2 is 2.13 bits per heavy atom. The van der Waals surface area contributed by atoms with Crippen LogP contribution in [0.1, 0.15) is 17.4 Å². The van der Waals surface area contributed by atoms with Gasteiger partial charge in [-0.05, 0) is 40.3 Å². The quantitative estimate of drug-likeness (QED) is 0.865. The van der Waals surface area contributed by atoms with Gasteiger partial charge in [-0.2, -0.15) is 0 Å². The first-order valence-electron chi connectivity index (χ1n) is 4.47. The van der Waals surface area contributed by atoms with E-state index >= 15 is 0 Å². The molecule has 3 nitrogen and oxygen atoms in total. The van der Waals surface area contributed by atoms with E-state index in [1.54, 1.807) is 18.6 Å². The lowest BCUT2D eigenvalue weighted by atomic mass is 10.1. The van der Waals surface area contributed by atoms with E-state index in [1.807, 2.05) is 24.3 Å². The van der Waals surface area contributed by atoms with Gasteiger partial charge in [0, 0.05) is 16.0 Å². The first kappa shape index (κ1) is 10.5. The molecule has 15 heavy (non-hydrogen) atoms. The predicted molar refractivity (Wildman–Crippen MR) is 65.3 cm³/mol. The molecule has 1 aromatic carbocycles. The van der Waals surface area contributed by atoms with E-state index in [1.165, 1.54) is 0 Å². The van der Waals surface area contributed by atoms with Crippen molar-refractivity contribution in [1.29, 1.82) is 0 Å². The van der Waals surface area contributed by atoms with Gasteiger partial charge in [-0.3, -0.25) is 9.97 Å². The van der Waals surface area contributed by atoms with Crippen LogP contribution in [-0.2, 0) is 0 Å². The highest BCUT2D eigenvalue weighted by molar-refractivity contribution is 14.1. The van der Waals surface area contributed by atoms with Crippen LogP contribution in [0.3, 0.4) is 0 Å². The fourth-order valence-corrected chi connectivity index (χ4v) is 1.87. The van der Waals surface area contributed by atoms with Crippen LogP contribution in [0.15, 0.2) is 42.9 Å². The van der Waals surface area contributed by atoms with Crippen molar-refractivity contribution >= 4 is 22.6 Å². The molecule has 0 aliphatic heterocycles. The van der Waals surface area contributed by atoms with Crippen LogP contribution in [-0.4, -0.2) is 15.1 Å². The molecule has 0 aliphatic carbocycles. The Hall–Kier alpha value is -1.01. The number of aliphatic hydroxyl groups excluding tert-OH is 1. The summed E-state index contributed by atoms with van der Waals surface area (Å²) in [5.41, 5.74) is 1.40. The van der Waals surface area contributed by atoms with Crippen LogP contribution in [0.4, 0.5) is 0 Å².